The number of amides is 2. The Morgan fingerprint density at radius 3 is 2.22 bits per heavy atom. The van der Waals surface area contributed by atoms with Crippen LogP contribution in [0, 0.1) is 13.8 Å². The van der Waals surface area contributed by atoms with Gasteiger partial charge in [-0.1, -0.05) is 0 Å². The molecule has 32 heavy (non-hydrogen) atoms. The number of nitrogens with one attached hydrogen (secondary N) is 2. The van der Waals surface area contributed by atoms with E-state index in [9.17, 15) is 28.0 Å². The normalized spacial score (nSPS) is 10.8. The number of alkyl halides is 2. The number of aromatic amines is 1. The van der Waals surface area contributed by atoms with Crippen molar-refractivity contribution in [3.63, 3.8) is 0 Å². The minimum atomic E-state index is -3.00. The molecule has 0 aliphatic carbocycles. The van der Waals surface area contributed by atoms with Crippen LogP contribution >= 0.6 is 0 Å². The molecule has 2 amide bonds. The predicted octanol–water partition coefficient (Wildman–Crippen LogP) is 2.91. The van der Waals surface area contributed by atoms with Crippen molar-refractivity contribution in [2.75, 3.05) is 6.61 Å². The van der Waals surface area contributed by atoms with Gasteiger partial charge in [-0.25, -0.2) is 9.59 Å². The number of esters is 2. The highest BCUT2D eigenvalue weighted by atomic mass is 19.3. The Morgan fingerprint density at radius 2 is 1.66 bits per heavy atom. The quantitative estimate of drug-likeness (QED) is 0.590. The zero-order valence-electron chi connectivity index (χ0n) is 17.8. The van der Waals surface area contributed by atoms with Crippen LogP contribution in [-0.4, -0.2) is 48.1 Å². The Labute approximate surface area is 182 Å². The number of H-pyrrole nitrogens is 1. The van der Waals surface area contributed by atoms with Crippen LogP contribution in [0.4, 0.5) is 8.78 Å². The van der Waals surface area contributed by atoms with Gasteiger partial charge in [0, 0.05) is 11.3 Å². The van der Waals surface area contributed by atoms with E-state index in [-0.39, 0.29) is 28.7 Å². The number of benzene rings is 1. The summed E-state index contributed by atoms with van der Waals surface area (Å²) < 4.78 is 38.5. The third-order valence-corrected chi connectivity index (χ3v) is 4.12. The van der Waals surface area contributed by atoms with Crippen LogP contribution in [0.3, 0.4) is 0 Å². The first-order valence-electron chi connectivity index (χ1n) is 9.46. The molecule has 0 fully saturated rings. The van der Waals surface area contributed by atoms with Crippen molar-refractivity contribution in [3.05, 3.63) is 52.3 Å². The third kappa shape index (κ3) is 6.37. The minimum absolute atomic E-state index is 0.00966. The highest BCUT2D eigenvalue weighted by Gasteiger charge is 2.25. The van der Waals surface area contributed by atoms with Gasteiger partial charge in [-0.05, 0) is 57.5 Å². The van der Waals surface area contributed by atoms with Gasteiger partial charge in [-0.15, -0.1) is 0 Å². The Kier molecular flexibility index (Phi) is 8.05. The summed E-state index contributed by atoms with van der Waals surface area (Å²) in [6.07, 6.45) is -0.346. The van der Waals surface area contributed by atoms with Gasteiger partial charge in [-0.3, -0.25) is 14.9 Å². The molecule has 172 valence electrons. The number of imide groups is 1. The zero-order chi connectivity index (χ0) is 24.0. The number of carbonyl (C=O) groups is 4. The predicted molar refractivity (Wildman–Crippen MR) is 107 cm³/mol. The monoisotopic (exact) mass is 452 g/mol. The van der Waals surface area contributed by atoms with E-state index in [0.717, 1.165) is 12.1 Å². The molecule has 1 heterocycles. The van der Waals surface area contributed by atoms with E-state index in [1.807, 2.05) is 5.32 Å². The van der Waals surface area contributed by atoms with E-state index in [1.54, 1.807) is 20.8 Å². The molecule has 0 aliphatic rings. The smallest absolute Gasteiger partial charge is 0.387 e. The van der Waals surface area contributed by atoms with Gasteiger partial charge in [0.25, 0.3) is 11.8 Å². The molecule has 0 aliphatic heterocycles. The number of ether oxygens (including phenoxy) is 3. The highest BCUT2D eigenvalue weighted by Crippen LogP contribution is 2.20. The second-order valence-electron chi connectivity index (χ2n) is 6.94. The van der Waals surface area contributed by atoms with Gasteiger partial charge >= 0.3 is 18.6 Å². The van der Waals surface area contributed by atoms with Crippen molar-refractivity contribution in [3.8, 4) is 5.75 Å². The van der Waals surface area contributed by atoms with Crippen LogP contribution in [-0.2, 0) is 14.3 Å². The van der Waals surface area contributed by atoms with Crippen molar-refractivity contribution < 1.29 is 42.2 Å². The average Bonchev–Trinajstić information content (AvgIpc) is 2.99. The van der Waals surface area contributed by atoms with Gasteiger partial charge in [0.15, 0.2) is 6.61 Å². The molecule has 0 saturated heterocycles. The molecule has 1 aromatic heterocycles. The van der Waals surface area contributed by atoms with E-state index < -0.39 is 37.0 Å². The zero-order valence-corrected chi connectivity index (χ0v) is 17.8. The second kappa shape index (κ2) is 10.5. The van der Waals surface area contributed by atoms with Crippen LogP contribution < -0.4 is 10.1 Å². The summed E-state index contributed by atoms with van der Waals surface area (Å²) in [6, 6.07) is 4.66. The molecular formula is C21H22F2N2O7. The van der Waals surface area contributed by atoms with Crippen molar-refractivity contribution in [2.24, 2.45) is 0 Å². The van der Waals surface area contributed by atoms with Crippen molar-refractivity contribution >= 4 is 23.8 Å². The highest BCUT2D eigenvalue weighted by molar-refractivity contribution is 6.05. The first kappa shape index (κ1) is 24.5. The fourth-order valence-electron chi connectivity index (χ4n) is 2.76. The maximum absolute atomic E-state index is 12.3. The van der Waals surface area contributed by atoms with Crippen molar-refractivity contribution in [1.29, 1.82) is 0 Å². The maximum Gasteiger partial charge on any atom is 0.387 e. The lowest BCUT2D eigenvalue weighted by molar-refractivity contribution is -0.123. The molecule has 2 aromatic rings. The van der Waals surface area contributed by atoms with Crippen molar-refractivity contribution in [2.45, 2.75) is 40.4 Å². The molecule has 2 N–H and O–H groups in total. The average molecular weight is 452 g/mol. The largest absolute Gasteiger partial charge is 0.459 e. The molecule has 2 rings (SSSR count). The Morgan fingerprint density at radius 1 is 1.03 bits per heavy atom. The third-order valence-electron chi connectivity index (χ3n) is 4.12. The topological polar surface area (TPSA) is 124 Å². The van der Waals surface area contributed by atoms with Gasteiger partial charge in [0.2, 0.25) is 0 Å². The Balaban J connectivity index is 1.95. The molecule has 0 atom stereocenters. The van der Waals surface area contributed by atoms with Gasteiger partial charge < -0.3 is 19.2 Å². The van der Waals surface area contributed by atoms with Crippen LogP contribution in [0.1, 0.15) is 56.3 Å². The standard InChI is InChI=1S/C21H22F2N2O7/c1-10(2)31-19(28)16-11(3)17(24-12(16)4)20(29)30-9-15(26)25-18(27)13-5-7-14(8-6-13)32-21(22)23/h5-8,10,21,24H,9H2,1-4H3,(H,25,26,27). The number of aromatic nitrogens is 1. The van der Waals surface area contributed by atoms with Crippen LogP contribution in [0.15, 0.2) is 24.3 Å². The van der Waals surface area contributed by atoms with E-state index >= 15 is 0 Å². The van der Waals surface area contributed by atoms with E-state index in [1.165, 1.54) is 19.1 Å². The fourth-order valence-corrected chi connectivity index (χ4v) is 2.76. The fraction of sp³-hybridized carbons (Fsp3) is 0.333. The van der Waals surface area contributed by atoms with Crippen LogP contribution in [0.2, 0.25) is 0 Å². The summed E-state index contributed by atoms with van der Waals surface area (Å²) >= 11 is 0. The molecule has 1 aromatic carbocycles. The first-order valence-corrected chi connectivity index (χ1v) is 9.46. The maximum atomic E-state index is 12.3. The number of hydrogen-bond donors (Lipinski definition) is 2. The number of hydrogen-bond acceptors (Lipinski definition) is 7. The summed E-state index contributed by atoms with van der Waals surface area (Å²) in [4.78, 5) is 51.2. The number of rotatable bonds is 8. The lowest BCUT2D eigenvalue weighted by atomic mass is 10.1. The van der Waals surface area contributed by atoms with Crippen LogP contribution in [0.25, 0.3) is 0 Å². The number of halogens is 2. The molecule has 0 unspecified atom stereocenters. The molecule has 0 saturated carbocycles. The number of carbonyl (C=O) groups excluding carboxylic acids is 4. The molecular weight excluding hydrogens is 430 g/mol. The molecule has 9 nitrogen and oxygen atoms in total. The van der Waals surface area contributed by atoms with Crippen LogP contribution in [0.5, 0.6) is 5.75 Å². The van der Waals surface area contributed by atoms with Gasteiger partial charge in [0.1, 0.15) is 11.4 Å². The molecule has 0 spiro atoms. The second-order valence-corrected chi connectivity index (χ2v) is 6.94. The summed E-state index contributed by atoms with van der Waals surface area (Å²) in [5.74, 6) is -3.37. The Bertz CT molecular complexity index is 1010. The van der Waals surface area contributed by atoms with Gasteiger partial charge in [-0.2, -0.15) is 8.78 Å². The van der Waals surface area contributed by atoms with Crippen molar-refractivity contribution in [1.82, 2.24) is 10.3 Å². The summed E-state index contributed by atoms with van der Waals surface area (Å²) in [6.45, 7) is 2.73. The minimum Gasteiger partial charge on any atom is -0.459 e. The summed E-state index contributed by atoms with van der Waals surface area (Å²) in [5, 5.41) is 2.01. The Hall–Kier alpha value is -3.76. The van der Waals surface area contributed by atoms with E-state index in [0.29, 0.717) is 11.3 Å². The SMILES string of the molecule is Cc1[nH]c(C(=O)OCC(=O)NC(=O)c2ccc(OC(F)F)cc2)c(C)c1C(=O)OC(C)C. The molecule has 11 heteroatoms. The van der Waals surface area contributed by atoms with Gasteiger partial charge in [0.05, 0.1) is 11.7 Å². The summed E-state index contributed by atoms with van der Waals surface area (Å²) in [7, 11) is 0. The lowest BCUT2D eigenvalue weighted by Crippen LogP contribution is -2.34. The molecule has 0 radical (unpaired) electrons. The summed E-state index contributed by atoms with van der Waals surface area (Å²) in [5.41, 5.74) is 0.895. The first-order chi connectivity index (χ1) is 15.0. The van der Waals surface area contributed by atoms with E-state index in [2.05, 4.69) is 9.72 Å². The molecule has 0 bridgehead atoms. The lowest BCUT2D eigenvalue weighted by Gasteiger charge is -2.08. The van der Waals surface area contributed by atoms with E-state index in [4.69, 9.17) is 9.47 Å². The number of aryl methyl sites for hydroxylation is 1.